The summed E-state index contributed by atoms with van der Waals surface area (Å²) in [5, 5.41) is 3.14. The van der Waals surface area contributed by atoms with Crippen molar-refractivity contribution in [3.8, 4) is 0 Å². The van der Waals surface area contributed by atoms with Crippen LogP contribution in [0.4, 0.5) is 0 Å². The molecule has 1 heterocycles. The van der Waals surface area contributed by atoms with Crippen molar-refractivity contribution in [2.75, 3.05) is 26.2 Å². The van der Waals surface area contributed by atoms with E-state index in [4.69, 9.17) is 5.73 Å². The summed E-state index contributed by atoms with van der Waals surface area (Å²) in [6, 6.07) is 0.208. The van der Waals surface area contributed by atoms with Gasteiger partial charge in [0.25, 0.3) is 0 Å². The van der Waals surface area contributed by atoms with Gasteiger partial charge in [-0.05, 0) is 45.7 Å². The van der Waals surface area contributed by atoms with E-state index >= 15 is 0 Å². The summed E-state index contributed by atoms with van der Waals surface area (Å²) in [7, 11) is 0. The normalized spacial score (nSPS) is 18.9. The maximum absolute atomic E-state index is 12.3. The zero-order valence-electron chi connectivity index (χ0n) is 12.2. The Bertz CT molecular complexity index is 250. The Hall–Kier alpha value is -0.610. The number of rotatable bonds is 7. The van der Waals surface area contributed by atoms with Gasteiger partial charge in [-0.3, -0.25) is 4.79 Å². The number of amides is 1. The molecule has 0 aliphatic carbocycles. The SMILES string of the molecule is CCC(CC)(CN)C(=O)NC(C)CN1CCCC1. The molecule has 4 heteroatoms. The van der Waals surface area contributed by atoms with Crippen molar-refractivity contribution in [3.63, 3.8) is 0 Å². The van der Waals surface area contributed by atoms with E-state index in [0.717, 1.165) is 19.4 Å². The highest BCUT2D eigenvalue weighted by Crippen LogP contribution is 2.25. The van der Waals surface area contributed by atoms with E-state index in [-0.39, 0.29) is 17.4 Å². The lowest BCUT2D eigenvalue weighted by Crippen LogP contribution is -2.50. The van der Waals surface area contributed by atoms with Crippen LogP contribution in [0.3, 0.4) is 0 Å². The zero-order chi connectivity index (χ0) is 13.6. The highest BCUT2D eigenvalue weighted by molar-refractivity contribution is 5.83. The maximum atomic E-state index is 12.3. The van der Waals surface area contributed by atoms with E-state index in [2.05, 4.69) is 17.1 Å². The van der Waals surface area contributed by atoms with Crippen molar-refractivity contribution < 1.29 is 4.79 Å². The van der Waals surface area contributed by atoms with Gasteiger partial charge in [0, 0.05) is 19.1 Å². The molecule has 1 unspecified atom stereocenters. The molecule has 0 aromatic heterocycles. The van der Waals surface area contributed by atoms with Crippen LogP contribution in [0.2, 0.25) is 0 Å². The number of likely N-dealkylation sites (tertiary alicyclic amines) is 1. The summed E-state index contributed by atoms with van der Waals surface area (Å²) in [5.41, 5.74) is 5.42. The number of hydrogen-bond acceptors (Lipinski definition) is 3. The fourth-order valence-corrected chi connectivity index (χ4v) is 2.73. The van der Waals surface area contributed by atoms with Gasteiger partial charge in [0.1, 0.15) is 0 Å². The van der Waals surface area contributed by atoms with Crippen LogP contribution in [-0.2, 0) is 4.79 Å². The lowest BCUT2D eigenvalue weighted by atomic mass is 9.81. The Labute approximate surface area is 111 Å². The van der Waals surface area contributed by atoms with Gasteiger partial charge >= 0.3 is 0 Å². The topological polar surface area (TPSA) is 58.4 Å². The van der Waals surface area contributed by atoms with Crippen LogP contribution in [0.25, 0.3) is 0 Å². The molecule has 0 bridgehead atoms. The number of nitrogens with zero attached hydrogens (tertiary/aromatic N) is 1. The molecule has 4 nitrogen and oxygen atoms in total. The summed E-state index contributed by atoms with van der Waals surface area (Å²) >= 11 is 0. The van der Waals surface area contributed by atoms with Crippen LogP contribution >= 0.6 is 0 Å². The van der Waals surface area contributed by atoms with Gasteiger partial charge in [-0.25, -0.2) is 0 Å². The van der Waals surface area contributed by atoms with E-state index in [1.807, 2.05) is 13.8 Å². The first kappa shape index (κ1) is 15.4. The summed E-state index contributed by atoms with van der Waals surface area (Å²) < 4.78 is 0. The van der Waals surface area contributed by atoms with Crippen LogP contribution in [0, 0.1) is 5.41 Å². The van der Waals surface area contributed by atoms with Gasteiger partial charge in [0.15, 0.2) is 0 Å². The molecule has 18 heavy (non-hydrogen) atoms. The number of hydrogen-bond donors (Lipinski definition) is 2. The van der Waals surface area contributed by atoms with Gasteiger partial charge in [-0.1, -0.05) is 13.8 Å². The van der Waals surface area contributed by atoms with Gasteiger partial charge < -0.3 is 16.0 Å². The van der Waals surface area contributed by atoms with E-state index in [1.54, 1.807) is 0 Å². The third-order valence-electron chi connectivity index (χ3n) is 4.33. The predicted octanol–water partition coefficient (Wildman–Crippen LogP) is 1.35. The Kier molecular flexibility index (Phi) is 6.09. The molecule has 1 aliphatic rings. The largest absolute Gasteiger partial charge is 0.352 e. The third-order valence-corrected chi connectivity index (χ3v) is 4.33. The van der Waals surface area contributed by atoms with Crippen molar-refractivity contribution >= 4 is 5.91 Å². The Morgan fingerprint density at radius 2 is 1.89 bits per heavy atom. The number of nitrogens with one attached hydrogen (secondary N) is 1. The fraction of sp³-hybridized carbons (Fsp3) is 0.929. The molecule has 1 amide bonds. The van der Waals surface area contributed by atoms with Crippen LogP contribution in [-0.4, -0.2) is 43.0 Å². The summed E-state index contributed by atoms with van der Waals surface area (Å²) in [6.07, 6.45) is 4.19. The minimum absolute atomic E-state index is 0.127. The second-order valence-electron chi connectivity index (χ2n) is 5.57. The molecule has 3 N–H and O–H groups in total. The van der Waals surface area contributed by atoms with E-state index in [9.17, 15) is 4.79 Å². The summed E-state index contributed by atoms with van der Waals surface area (Å²) in [4.78, 5) is 14.8. The lowest BCUT2D eigenvalue weighted by molar-refractivity contribution is -0.131. The highest BCUT2D eigenvalue weighted by Gasteiger charge is 2.34. The minimum atomic E-state index is -0.376. The average molecular weight is 255 g/mol. The molecule has 1 aliphatic heterocycles. The zero-order valence-corrected chi connectivity index (χ0v) is 12.2. The molecule has 0 radical (unpaired) electrons. The standard InChI is InChI=1S/C14H29N3O/c1-4-14(5-2,11-15)13(18)16-12(3)10-17-8-6-7-9-17/h12H,4-11,15H2,1-3H3,(H,16,18). The summed E-state index contributed by atoms with van der Waals surface area (Å²) in [5.74, 6) is 0.127. The third kappa shape index (κ3) is 3.69. The number of nitrogens with two attached hydrogens (primary N) is 1. The Morgan fingerprint density at radius 1 is 1.33 bits per heavy atom. The molecule has 106 valence electrons. The number of carbonyl (C=O) groups is 1. The molecule has 1 fully saturated rings. The average Bonchev–Trinajstić information content (AvgIpc) is 2.84. The van der Waals surface area contributed by atoms with Crippen LogP contribution < -0.4 is 11.1 Å². The van der Waals surface area contributed by atoms with Crippen LogP contribution in [0.5, 0.6) is 0 Å². The quantitative estimate of drug-likeness (QED) is 0.722. The Balaban J connectivity index is 2.46. The van der Waals surface area contributed by atoms with Crippen LogP contribution in [0.1, 0.15) is 46.5 Å². The Morgan fingerprint density at radius 3 is 2.33 bits per heavy atom. The van der Waals surface area contributed by atoms with Crippen molar-refractivity contribution in [2.45, 2.75) is 52.5 Å². The second-order valence-corrected chi connectivity index (χ2v) is 5.57. The smallest absolute Gasteiger partial charge is 0.227 e. The molecule has 0 saturated carbocycles. The monoisotopic (exact) mass is 255 g/mol. The molecule has 1 saturated heterocycles. The first-order valence-electron chi connectivity index (χ1n) is 7.31. The van der Waals surface area contributed by atoms with Gasteiger partial charge in [-0.15, -0.1) is 0 Å². The molecular formula is C14H29N3O. The molecule has 0 spiro atoms. The van der Waals surface area contributed by atoms with Gasteiger partial charge in [0.05, 0.1) is 5.41 Å². The highest BCUT2D eigenvalue weighted by atomic mass is 16.2. The lowest BCUT2D eigenvalue weighted by Gasteiger charge is -2.31. The van der Waals surface area contributed by atoms with Crippen molar-refractivity contribution in [1.29, 1.82) is 0 Å². The first-order valence-corrected chi connectivity index (χ1v) is 7.31. The molecular weight excluding hydrogens is 226 g/mol. The van der Waals surface area contributed by atoms with Gasteiger partial charge in [0.2, 0.25) is 5.91 Å². The second kappa shape index (κ2) is 7.10. The van der Waals surface area contributed by atoms with E-state index in [0.29, 0.717) is 6.54 Å². The minimum Gasteiger partial charge on any atom is -0.352 e. The first-order chi connectivity index (χ1) is 8.57. The summed E-state index contributed by atoms with van der Waals surface area (Å²) in [6.45, 7) is 9.90. The molecule has 0 aromatic rings. The molecule has 1 atom stereocenters. The molecule has 0 aromatic carbocycles. The van der Waals surface area contributed by atoms with Crippen molar-refractivity contribution in [2.24, 2.45) is 11.1 Å². The number of carbonyl (C=O) groups excluding carboxylic acids is 1. The van der Waals surface area contributed by atoms with Gasteiger partial charge in [-0.2, -0.15) is 0 Å². The molecule has 1 rings (SSSR count). The van der Waals surface area contributed by atoms with Crippen LogP contribution in [0.15, 0.2) is 0 Å². The van der Waals surface area contributed by atoms with E-state index in [1.165, 1.54) is 25.9 Å². The predicted molar refractivity (Wildman–Crippen MR) is 75.3 cm³/mol. The maximum Gasteiger partial charge on any atom is 0.227 e. The van der Waals surface area contributed by atoms with Crippen molar-refractivity contribution in [3.05, 3.63) is 0 Å². The fourth-order valence-electron chi connectivity index (χ4n) is 2.73. The van der Waals surface area contributed by atoms with Crippen molar-refractivity contribution in [1.82, 2.24) is 10.2 Å². The van der Waals surface area contributed by atoms with E-state index < -0.39 is 0 Å².